The third kappa shape index (κ3) is 5.06. The molecule has 0 N–H and O–H groups in total. The number of rotatable bonds is 5. The zero-order valence-corrected chi connectivity index (χ0v) is 11.6. The maximum Gasteiger partial charge on any atom is 0.222 e. The van der Waals surface area contributed by atoms with Gasteiger partial charge in [-0.3, -0.25) is 4.79 Å². The number of hydrogen-bond donors (Lipinski definition) is 0. The van der Waals surface area contributed by atoms with Crippen molar-refractivity contribution in [1.29, 1.82) is 0 Å². The van der Waals surface area contributed by atoms with Crippen molar-refractivity contribution in [3.05, 3.63) is 0 Å². The van der Waals surface area contributed by atoms with Crippen molar-refractivity contribution < 1.29 is 13.2 Å². The second-order valence-electron chi connectivity index (χ2n) is 4.97. The number of sulfone groups is 1. The van der Waals surface area contributed by atoms with Crippen molar-refractivity contribution in [2.24, 2.45) is 5.92 Å². The van der Waals surface area contributed by atoms with Gasteiger partial charge in [0.15, 0.2) is 0 Å². The monoisotopic (exact) mass is 261 g/mol. The molecule has 4 nitrogen and oxygen atoms in total. The lowest BCUT2D eigenvalue weighted by Gasteiger charge is -2.24. The average molecular weight is 261 g/mol. The quantitative estimate of drug-likeness (QED) is 0.753. The smallest absolute Gasteiger partial charge is 0.222 e. The molecule has 1 aliphatic rings. The lowest BCUT2D eigenvalue weighted by Crippen LogP contribution is -2.32. The summed E-state index contributed by atoms with van der Waals surface area (Å²) in [6.45, 7) is 2.91. The van der Waals surface area contributed by atoms with Gasteiger partial charge in [-0.1, -0.05) is 13.3 Å². The van der Waals surface area contributed by atoms with Gasteiger partial charge in [-0.05, 0) is 25.2 Å². The van der Waals surface area contributed by atoms with Crippen molar-refractivity contribution in [2.75, 3.05) is 25.1 Å². The van der Waals surface area contributed by atoms with E-state index in [-0.39, 0.29) is 23.3 Å². The standard InChI is InChI=1S/C12H23NO3S/c1-3-4-7-13(2)12(14)10-11-5-8-17(15,16)9-6-11/h11H,3-10H2,1-2H3. The van der Waals surface area contributed by atoms with Gasteiger partial charge in [0, 0.05) is 20.0 Å². The Morgan fingerprint density at radius 3 is 2.41 bits per heavy atom. The predicted molar refractivity (Wildman–Crippen MR) is 68.5 cm³/mol. The Hall–Kier alpha value is -0.580. The van der Waals surface area contributed by atoms with Crippen LogP contribution in [0.15, 0.2) is 0 Å². The summed E-state index contributed by atoms with van der Waals surface area (Å²) < 4.78 is 22.5. The van der Waals surface area contributed by atoms with Gasteiger partial charge in [-0.2, -0.15) is 0 Å². The van der Waals surface area contributed by atoms with Gasteiger partial charge in [0.1, 0.15) is 9.84 Å². The SMILES string of the molecule is CCCCN(C)C(=O)CC1CCS(=O)(=O)CC1. The highest BCUT2D eigenvalue weighted by molar-refractivity contribution is 7.91. The minimum Gasteiger partial charge on any atom is -0.346 e. The van der Waals surface area contributed by atoms with Crippen LogP contribution in [0.2, 0.25) is 0 Å². The molecule has 0 aromatic rings. The molecule has 1 saturated heterocycles. The van der Waals surface area contributed by atoms with Crippen molar-refractivity contribution in [2.45, 2.75) is 39.0 Å². The first-order chi connectivity index (χ1) is 7.94. The Morgan fingerprint density at radius 1 is 1.29 bits per heavy atom. The Labute approximate surface area is 104 Å². The van der Waals surface area contributed by atoms with Gasteiger partial charge in [0.25, 0.3) is 0 Å². The van der Waals surface area contributed by atoms with Gasteiger partial charge in [-0.15, -0.1) is 0 Å². The largest absolute Gasteiger partial charge is 0.346 e. The highest BCUT2D eigenvalue weighted by atomic mass is 32.2. The molecule has 0 aromatic heterocycles. The van der Waals surface area contributed by atoms with Crippen LogP contribution in [0.25, 0.3) is 0 Å². The van der Waals surface area contributed by atoms with Crippen LogP contribution in [0.4, 0.5) is 0 Å². The summed E-state index contributed by atoms with van der Waals surface area (Å²) in [5.74, 6) is 0.922. The second-order valence-corrected chi connectivity index (χ2v) is 7.27. The molecule has 0 bridgehead atoms. The molecule has 0 atom stereocenters. The molecule has 1 fully saturated rings. The zero-order valence-electron chi connectivity index (χ0n) is 10.8. The fourth-order valence-corrected chi connectivity index (χ4v) is 3.65. The van der Waals surface area contributed by atoms with Crippen LogP contribution in [0.5, 0.6) is 0 Å². The summed E-state index contributed by atoms with van der Waals surface area (Å²) >= 11 is 0. The average Bonchev–Trinajstić information content (AvgIpc) is 2.28. The van der Waals surface area contributed by atoms with E-state index in [4.69, 9.17) is 0 Å². The van der Waals surface area contributed by atoms with Crippen LogP contribution >= 0.6 is 0 Å². The Bertz CT molecular complexity index is 337. The fourth-order valence-electron chi connectivity index (χ4n) is 2.07. The third-order valence-corrected chi connectivity index (χ3v) is 5.13. The molecule has 0 aliphatic carbocycles. The normalized spacial score (nSPS) is 20.1. The van der Waals surface area contributed by atoms with Gasteiger partial charge >= 0.3 is 0 Å². The molecule has 1 aliphatic heterocycles. The van der Waals surface area contributed by atoms with Crippen LogP contribution in [0.1, 0.15) is 39.0 Å². The number of unbranched alkanes of at least 4 members (excludes halogenated alkanes) is 1. The molecule has 17 heavy (non-hydrogen) atoms. The molecule has 5 heteroatoms. The molecule has 1 amide bonds. The van der Waals surface area contributed by atoms with Gasteiger partial charge in [-0.25, -0.2) is 8.42 Å². The molecule has 0 unspecified atom stereocenters. The first-order valence-corrected chi connectivity index (χ1v) is 8.21. The number of hydrogen-bond acceptors (Lipinski definition) is 3. The van der Waals surface area contributed by atoms with E-state index in [0.717, 1.165) is 19.4 Å². The number of carbonyl (C=O) groups is 1. The topological polar surface area (TPSA) is 54.5 Å². The van der Waals surface area contributed by atoms with E-state index in [1.807, 2.05) is 7.05 Å². The van der Waals surface area contributed by atoms with Crippen LogP contribution in [0, 0.1) is 5.92 Å². The van der Waals surface area contributed by atoms with E-state index in [2.05, 4.69) is 6.92 Å². The van der Waals surface area contributed by atoms with Crippen molar-refractivity contribution in [1.82, 2.24) is 4.90 Å². The highest BCUT2D eigenvalue weighted by Crippen LogP contribution is 2.22. The van der Waals surface area contributed by atoms with E-state index < -0.39 is 9.84 Å². The zero-order chi connectivity index (χ0) is 12.9. The Morgan fingerprint density at radius 2 is 1.88 bits per heavy atom. The maximum absolute atomic E-state index is 11.9. The Kier molecular flexibility index (Phi) is 5.43. The van der Waals surface area contributed by atoms with Gasteiger partial charge in [0.05, 0.1) is 11.5 Å². The summed E-state index contributed by atoms with van der Waals surface area (Å²) in [5, 5.41) is 0. The first-order valence-electron chi connectivity index (χ1n) is 6.39. The van der Waals surface area contributed by atoms with E-state index in [9.17, 15) is 13.2 Å². The minimum atomic E-state index is -2.81. The molecular weight excluding hydrogens is 238 g/mol. The minimum absolute atomic E-state index is 0.155. The van der Waals surface area contributed by atoms with Crippen molar-refractivity contribution in [3.63, 3.8) is 0 Å². The fraction of sp³-hybridized carbons (Fsp3) is 0.917. The van der Waals surface area contributed by atoms with E-state index in [0.29, 0.717) is 19.3 Å². The second kappa shape index (κ2) is 6.38. The highest BCUT2D eigenvalue weighted by Gasteiger charge is 2.25. The van der Waals surface area contributed by atoms with E-state index in [1.54, 1.807) is 4.90 Å². The van der Waals surface area contributed by atoms with Gasteiger partial charge < -0.3 is 4.90 Å². The molecule has 0 radical (unpaired) electrons. The molecule has 100 valence electrons. The molecule has 0 saturated carbocycles. The lowest BCUT2D eigenvalue weighted by atomic mass is 9.98. The summed E-state index contributed by atoms with van der Waals surface area (Å²) in [5.41, 5.74) is 0. The van der Waals surface area contributed by atoms with E-state index >= 15 is 0 Å². The third-order valence-electron chi connectivity index (χ3n) is 3.41. The van der Waals surface area contributed by atoms with Crippen molar-refractivity contribution in [3.8, 4) is 0 Å². The molecular formula is C12H23NO3S. The summed E-state index contributed by atoms with van der Waals surface area (Å²) in [6.07, 6.45) is 3.92. The number of amides is 1. The Balaban J connectivity index is 2.32. The number of carbonyl (C=O) groups excluding carboxylic acids is 1. The summed E-state index contributed by atoms with van der Waals surface area (Å²) in [7, 11) is -0.980. The van der Waals surface area contributed by atoms with Gasteiger partial charge in [0.2, 0.25) is 5.91 Å². The van der Waals surface area contributed by atoms with Crippen molar-refractivity contribution >= 4 is 15.7 Å². The molecule has 0 aromatic carbocycles. The summed E-state index contributed by atoms with van der Waals surface area (Å²) in [6, 6.07) is 0. The van der Waals surface area contributed by atoms with Crippen LogP contribution < -0.4 is 0 Å². The van der Waals surface area contributed by atoms with E-state index in [1.165, 1.54) is 0 Å². The number of nitrogens with zero attached hydrogens (tertiary/aromatic N) is 1. The first kappa shape index (κ1) is 14.5. The molecule has 1 rings (SSSR count). The molecule has 1 heterocycles. The predicted octanol–water partition coefficient (Wildman–Crippen LogP) is 1.46. The van der Waals surface area contributed by atoms with Crippen LogP contribution in [0.3, 0.4) is 0 Å². The maximum atomic E-state index is 11.9. The molecule has 0 spiro atoms. The lowest BCUT2D eigenvalue weighted by molar-refractivity contribution is -0.131. The van der Waals surface area contributed by atoms with Crippen LogP contribution in [-0.2, 0) is 14.6 Å². The summed E-state index contributed by atoms with van der Waals surface area (Å²) in [4.78, 5) is 13.6. The van der Waals surface area contributed by atoms with Crippen LogP contribution in [-0.4, -0.2) is 44.3 Å².